The molecular weight excluding hydrogens is 64.0 g/mol. The van der Waals surface area contributed by atoms with Crippen molar-refractivity contribution in [1.82, 2.24) is 0 Å². The molecule has 1 radical (unpaired) electrons. The van der Waals surface area contributed by atoms with Gasteiger partial charge in [-0.2, -0.15) is 0 Å². The van der Waals surface area contributed by atoms with Gasteiger partial charge in [-0.25, -0.2) is 0 Å². The summed E-state index contributed by atoms with van der Waals surface area (Å²) in [5, 5.41) is 0. The predicted molar refractivity (Wildman–Crippen MR) is 21.5 cm³/mol. The number of hydrogen-bond donors (Lipinski definition) is 0. The first kappa shape index (κ1) is 4.54. The summed E-state index contributed by atoms with van der Waals surface area (Å²) >= 11 is 0. The van der Waals surface area contributed by atoms with E-state index in [9.17, 15) is 0 Å². The molecule has 0 aromatic carbocycles. The third-order valence-electron chi connectivity index (χ3n) is 0.232. The monoisotopic (exact) mass is 71.0 g/mol. The molecule has 0 aromatic rings. The van der Waals surface area contributed by atoms with E-state index in [2.05, 4.69) is 11.7 Å². The molecule has 0 N–H and O–H groups in total. The molecule has 0 aliphatic heterocycles. The molecule has 1 heteroatoms. The van der Waals surface area contributed by atoms with Gasteiger partial charge in [0.25, 0.3) is 0 Å². The van der Waals surface area contributed by atoms with Crippen LogP contribution in [-0.2, 0) is 4.74 Å². The Labute approximate surface area is 32.3 Å². The molecule has 1 nitrogen and oxygen atoms in total. The standard InChI is InChI=1S/C4H7O/c1-3-4-5-2/h3-4H,1H2,2H3/b4-3+. The Hall–Kier alpha value is -0.460. The smallest absolute Gasteiger partial charge is 0.0784 e. The summed E-state index contributed by atoms with van der Waals surface area (Å²) < 4.78 is 4.45. The number of hydrogen-bond acceptors (Lipinski definition) is 1. The molecule has 29 valence electrons. The van der Waals surface area contributed by atoms with Gasteiger partial charge in [0, 0.05) is 0 Å². The second kappa shape index (κ2) is 3.54. The van der Waals surface area contributed by atoms with Crippen LogP contribution in [0.15, 0.2) is 12.3 Å². The molecule has 0 fully saturated rings. The third kappa shape index (κ3) is 3.54. The van der Waals surface area contributed by atoms with E-state index in [1.807, 2.05) is 0 Å². The van der Waals surface area contributed by atoms with Gasteiger partial charge in [-0.3, -0.25) is 0 Å². The minimum Gasteiger partial charge on any atom is -0.505 e. The SMILES string of the molecule is [CH2]/C=C/OC. The predicted octanol–water partition coefficient (Wildman–Crippen LogP) is 0.981. The zero-order chi connectivity index (χ0) is 4.12. The maximum atomic E-state index is 4.45. The Morgan fingerprint density at radius 1 is 1.80 bits per heavy atom. The van der Waals surface area contributed by atoms with Crippen molar-refractivity contribution in [2.75, 3.05) is 7.11 Å². The Morgan fingerprint density at radius 3 is 2.40 bits per heavy atom. The van der Waals surface area contributed by atoms with Crippen molar-refractivity contribution in [1.29, 1.82) is 0 Å². The quantitative estimate of drug-likeness (QED) is 0.419. The highest BCUT2D eigenvalue weighted by Crippen LogP contribution is 1.63. The van der Waals surface area contributed by atoms with Crippen LogP contribution < -0.4 is 0 Å². The topological polar surface area (TPSA) is 9.23 Å². The van der Waals surface area contributed by atoms with Crippen LogP contribution in [0.25, 0.3) is 0 Å². The van der Waals surface area contributed by atoms with Gasteiger partial charge in [0.1, 0.15) is 0 Å². The summed E-state index contributed by atoms with van der Waals surface area (Å²) in [5.74, 6) is 0. The van der Waals surface area contributed by atoms with Crippen molar-refractivity contribution in [2.24, 2.45) is 0 Å². The zero-order valence-electron chi connectivity index (χ0n) is 3.27. The molecular formula is C4H7O. The molecule has 0 heterocycles. The fraction of sp³-hybridized carbons (Fsp3) is 0.250. The minimum absolute atomic E-state index is 1.51. The van der Waals surface area contributed by atoms with E-state index in [0.29, 0.717) is 0 Å². The van der Waals surface area contributed by atoms with Crippen molar-refractivity contribution in [2.45, 2.75) is 0 Å². The lowest BCUT2D eigenvalue weighted by molar-refractivity contribution is 0.338. The maximum Gasteiger partial charge on any atom is 0.0784 e. The van der Waals surface area contributed by atoms with Crippen LogP contribution in [0.4, 0.5) is 0 Å². The second-order valence-electron chi connectivity index (χ2n) is 0.607. The molecule has 0 spiro atoms. The number of ether oxygens (including phenoxy) is 1. The van der Waals surface area contributed by atoms with E-state index < -0.39 is 0 Å². The lowest BCUT2D eigenvalue weighted by Crippen LogP contribution is -1.57. The van der Waals surface area contributed by atoms with Gasteiger partial charge in [-0.1, -0.05) is 0 Å². The van der Waals surface area contributed by atoms with E-state index in [0.717, 1.165) is 0 Å². The molecule has 0 aliphatic rings. The number of rotatable bonds is 1. The van der Waals surface area contributed by atoms with E-state index in [-0.39, 0.29) is 0 Å². The van der Waals surface area contributed by atoms with E-state index in [1.54, 1.807) is 13.2 Å². The van der Waals surface area contributed by atoms with E-state index in [1.165, 1.54) is 6.26 Å². The Morgan fingerprint density at radius 2 is 2.40 bits per heavy atom. The van der Waals surface area contributed by atoms with Crippen LogP contribution in [0.1, 0.15) is 0 Å². The largest absolute Gasteiger partial charge is 0.505 e. The fourth-order valence-electron chi connectivity index (χ4n) is 0.0962. The lowest BCUT2D eigenvalue weighted by atomic mass is 10.7. The molecule has 0 unspecified atom stereocenters. The van der Waals surface area contributed by atoms with Gasteiger partial charge < -0.3 is 4.74 Å². The van der Waals surface area contributed by atoms with Crippen LogP contribution in [-0.4, -0.2) is 7.11 Å². The van der Waals surface area contributed by atoms with Gasteiger partial charge >= 0.3 is 0 Å². The van der Waals surface area contributed by atoms with Crippen LogP contribution in [0.5, 0.6) is 0 Å². The van der Waals surface area contributed by atoms with Gasteiger partial charge in [-0.15, -0.1) is 0 Å². The number of allylic oxidation sites excluding steroid dienone is 1. The summed E-state index contributed by atoms with van der Waals surface area (Å²) in [7, 11) is 1.58. The first-order chi connectivity index (χ1) is 2.41. The highest BCUT2D eigenvalue weighted by Gasteiger charge is 1.47. The zero-order valence-corrected chi connectivity index (χ0v) is 3.27. The second-order valence-corrected chi connectivity index (χ2v) is 0.607. The molecule has 5 heavy (non-hydrogen) atoms. The summed E-state index contributed by atoms with van der Waals surface area (Å²) in [6.45, 7) is 3.37. The van der Waals surface area contributed by atoms with E-state index in [4.69, 9.17) is 0 Å². The average Bonchev–Trinajstić information content (AvgIpc) is 1.41. The van der Waals surface area contributed by atoms with Crippen molar-refractivity contribution in [3.63, 3.8) is 0 Å². The van der Waals surface area contributed by atoms with Crippen molar-refractivity contribution in [3.05, 3.63) is 19.3 Å². The third-order valence-corrected chi connectivity index (χ3v) is 0.232. The maximum absolute atomic E-state index is 4.45. The highest BCUT2D eigenvalue weighted by molar-refractivity contribution is 4.74. The van der Waals surface area contributed by atoms with Crippen molar-refractivity contribution < 1.29 is 4.74 Å². The summed E-state index contributed by atoms with van der Waals surface area (Å²) in [5.41, 5.74) is 0. The minimum atomic E-state index is 1.51. The molecule has 0 saturated heterocycles. The van der Waals surface area contributed by atoms with E-state index >= 15 is 0 Å². The summed E-state index contributed by atoms with van der Waals surface area (Å²) in [4.78, 5) is 0. The first-order valence-corrected chi connectivity index (χ1v) is 1.39. The fourth-order valence-corrected chi connectivity index (χ4v) is 0.0962. The average molecular weight is 71.1 g/mol. The molecule has 0 rings (SSSR count). The van der Waals surface area contributed by atoms with Crippen LogP contribution >= 0.6 is 0 Å². The van der Waals surface area contributed by atoms with Crippen molar-refractivity contribution >= 4 is 0 Å². The van der Waals surface area contributed by atoms with Crippen LogP contribution in [0, 0.1) is 6.92 Å². The van der Waals surface area contributed by atoms with Crippen molar-refractivity contribution in [3.8, 4) is 0 Å². The Kier molecular flexibility index (Phi) is 3.21. The molecule has 0 aromatic heterocycles. The lowest BCUT2D eigenvalue weighted by Gasteiger charge is -1.76. The molecule has 0 amide bonds. The molecule has 0 saturated carbocycles. The summed E-state index contributed by atoms with van der Waals surface area (Å²) in [6.07, 6.45) is 3.10. The molecule has 0 aliphatic carbocycles. The van der Waals surface area contributed by atoms with Gasteiger partial charge in [0.15, 0.2) is 0 Å². The summed E-state index contributed by atoms with van der Waals surface area (Å²) in [6, 6.07) is 0. The van der Waals surface area contributed by atoms with Crippen LogP contribution in [0.3, 0.4) is 0 Å². The van der Waals surface area contributed by atoms with Gasteiger partial charge in [0.05, 0.1) is 13.4 Å². The van der Waals surface area contributed by atoms with Gasteiger partial charge in [-0.05, 0) is 13.0 Å². The number of methoxy groups -OCH3 is 1. The molecule has 0 atom stereocenters. The Bertz CT molecular complexity index is 30.6. The normalized spacial score (nSPS) is 9.20. The van der Waals surface area contributed by atoms with Gasteiger partial charge in [0.2, 0.25) is 0 Å². The highest BCUT2D eigenvalue weighted by atomic mass is 16.5. The Balaban J connectivity index is 2.62. The molecule has 0 bridgehead atoms. The first-order valence-electron chi connectivity index (χ1n) is 1.39. The van der Waals surface area contributed by atoms with Crippen LogP contribution in [0.2, 0.25) is 0 Å².